The van der Waals surface area contributed by atoms with Gasteiger partial charge in [-0.2, -0.15) is 0 Å². The van der Waals surface area contributed by atoms with Crippen molar-refractivity contribution in [2.45, 2.75) is 46.1 Å². The SMILES string of the molecule is CCCC(CC)NCCS(=O)(=O)NCC. The molecule has 15 heavy (non-hydrogen) atoms. The maximum absolute atomic E-state index is 11.3. The summed E-state index contributed by atoms with van der Waals surface area (Å²) in [7, 11) is -3.06. The fraction of sp³-hybridized carbons (Fsp3) is 1.00. The minimum atomic E-state index is -3.06. The Bertz CT molecular complexity index is 240. The molecule has 1 atom stereocenters. The highest BCUT2D eigenvalue weighted by molar-refractivity contribution is 7.89. The molecule has 92 valence electrons. The molecule has 0 heterocycles. The number of nitrogens with one attached hydrogen (secondary N) is 2. The molecule has 0 aromatic rings. The Labute approximate surface area is 93.9 Å². The quantitative estimate of drug-likeness (QED) is 0.630. The molecule has 0 aromatic heterocycles. The lowest BCUT2D eigenvalue weighted by Gasteiger charge is -2.15. The molecule has 5 heteroatoms. The Morgan fingerprint density at radius 1 is 1.20 bits per heavy atom. The van der Waals surface area contributed by atoms with Crippen molar-refractivity contribution in [1.82, 2.24) is 10.0 Å². The van der Waals surface area contributed by atoms with Gasteiger partial charge in [0.05, 0.1) is 5.75 Å². The van der Waals surface area contributed by atoms with E-state index in [9.17, 15) is 8.42 Å². The second-order valence-electron chi connectivity index (χ2n) is 3.66. The van der Waals surface area contributed by atoms with E-state index in [1.165, 1.54) is 0 Å². The zero-order valence-corrected chi connectivity index (χ0v) is 10.9. The molecule has 0 fully saturated rings. The predicted molar refractivity (Wildman–Crippen MR) is 64.5 cm³/mol. The molecule has 0 spiro atoms. The van der Waals surface area contributed by atoms with Crippen molar-refractivity contribution in [2.24, 2.45) is 0 Å². The third-order valence-electron chi connectivity index (χ3n) is 2.30. The van der Waals surface area contributed by atoms with E-state index >= 15 is 0 Å². The van der Waals surface area contributed by atoms with Crippen LogP contribution in [-0.2, 0) is 10.0 Å². The van der Waals surface area contributed by atoms with Crippen LogP contribution in [-0.4, -0.2) is 33.3 Å². The summed E-state index contributed by atoms with van der Waals surface area (Å²) in [6.07, 6.45) is 3.29. The zero-order valence-electron chi connectivity index (χ0n) is 10.0. The fourth-order valence-corrected chi connectivity index (χ4v) is 2.46. The smallest absolute Gasteiger partial charge is 0.212 e. The monoisotopic (exact) mass is 236 g/mol. The first-order chi connectivity index (χ1) is 7.05. The normalized spacial score (nSPS) is 14.1. The van der Waals surface area contributed by atoms with Crippen LogP contribution in [0.3, 0.4) is 0 Å². The van der Waals surface area contributed by atoms with Gasteiger partial charge >= 0.3 is 0 Å². The summed E-state index contributed by atoms with van der Waals surface area (Å²) in [5.74, 6) is 0.168. The van der Waals surface area contributed by atoms with Gasteiger partial charge in [0.2, 0.25) is 10.0 Å². The fourth-order valence-electron chi connectivity index (χ4n) is 1.49. The molecule has 0 aromatic carbocycles. The number of hydrogen-bond donors (Lipinski definition) is 2. The molecular formula is C10H24N2O2S. The van der Waals surface area contributed by atoms with E-state index in [2.05, 4.69) is 23.9 Å². The lowest BCUT2D eigenvalue weighted by Crippen LogP contribution is -2.36. The molecule has 2 N–H and O–H groups in total. The molecule has 1 unspecified atom stereocenters. The van der Waals surface area contributed by atoms with Crippen molar-refractivity contribution in [1.29, 1.82) is 0 Å². The van der Waals surface area contributed by atoms with Crippen molar-refractivity contribution in [2.75, 3.05) is 18.8 Å². The van der Waals surface area contributed by atoms with Crippen molar-refractivity contribution >= 4 is 10.0 Å². The second-order valence-corrected chi connectivity index (χ2v) is 5.59. The van der Waals surface area contributed by atoms with E-state index in [0.717, 1.165) is 19.3 Å². The van der Waals surface area contributed by atoms with Crippen molar-refractivity contribution in [3.63, 3.8) is 0 Å². The van der Waals surface area contributed by atoms with E-state index in [1.54, 1.807) is 6.92 Å². The van der Waals surface area contributed by atoms with Crippen molar-refractivity contribution in [3.8, 4) is 0 Å². The highest BCUT2D eigenvalue weighted by Gasteiger charge is 2.09. The van der Waals surface area contributed by atoms with Gasteiger partial charge in [-0.15, -0.1) is 0 Å². The maximum Gasteiger partial charge on any atom is 0.212 e. The van der Waals surface area contributed by atoms with Gasteiger partial charge in [-0.25, -0.2) is 13.1 Å². The molecule has 0 aliphatic carbocycles. The molecule has 0 bridgehead atoms. The first kappa shape index (κ1) is 14.9. The summed E-state index contributed by atoms with van der Waals surface area (Å²) >= 11 is 0. The summed E-state index contributed by atoms with van der Waals surface area (Å²) in [5, 5.41) is 3.27. The van der Waals surface area contributed by atoms with Gasteiger partial charge < -0.3 is 5.32 Å². The molecule has 4 nitrogen and oxygen atoms in total. The predicted octanol–water partition coefficient (Wildman–Crippen LogP) is 1.09. The van der Waals surface area contributed by atoms with Crippen LogP contribution in [0.25, 0.3) is 0 Å². The third kappa shape index (κ3) is 7.76. The maximum atomic E-state index is 11.3. The highest BCUT2D eigenvalue weighted by Crippen LogP contribution is 2.00. The third-order valence-corrected chi connectivity index (χ3v) is 3.77. The van der Waals surface area contributed by atoms with Crippen LogP contribution in [0.5, 0.6) is 0 Å². The first-order valence-corrected chi connectivity index (χ1v) is 7.41. The van der Waals surface area contributed by atoms with Crippen LogP contribution >= 0.6 is 0 Å². The number of sulfonamides is 1. The number of hydrogen-bond acceptors (Lipinski definition) is 3. The average molecular weight is 236 g/mol. The average Bonchev–Trinajstić information content (AvgIpc) is 2.16. The van der Waals surface area contributed by atoms with Gasteiger partial charge in [0.1, 0.15) is 0 Å². The Morgan fingerprint density at radius 2 is 1.87 bits per heavy atom. The zero-order chi connectivity index (χ0) is 11.7. The van der Waals surface area contributed by atoms with E-state index in [0.29, 0.717) is 19.1 Å². The van der Waals surface area contributed by atoms with E-state index in [4.69, 9.17) is 0 Å². The molecular weight excluding hydrogens is 212 g/mol. The van der Waals surface area contributed by atoms with E-state index < -0.39 is 10.0 Å². The standard InChI is InChI=1S/C10H24N2O2S/c1-4-7-10(5-2)11-8-9-15(13,14)12-6-3/h10-12H,4-9H2,1-3H3. The van der Waals surface area contributed by atoms with Gasteiger partial charge in [-0.05, 0) is 12.8 Å². The van der Waals surface area contributed by atoms with Crippen LogP contribution in [0.15, 0.2) is 0 Å². The van der Waals surface area contributed by atoms with Gasteiger partial charge in [0.25, 0.3) is 0 Å². The van der Waals surface area contributed by atoms with Crippen molar-refractivity contribution in [3.05, 3.63) is 0 Å². The first-order valence-electron chi connectivity index (χ1n) is 5.76. The molecule has 0 saturated heterocycles. The highest BCUT2D eigenvalue weighted by atomic mass is 32.2. The van der Waals surface area contributed by atoms with Gasteiger partial charge in [-0.1, -0.05) is 27.2 Å². The topological polar surface area (TPSA) is 58.2 Å². The minimum absolute atomic E-state index is 0.168. The Hall–Kier alpha value is -0.130. The summed E-state index contributed by atoms with van der Waals surface area (Å²) in [6, 6.07) is 0.451. The minimum Gasteiger partial charge on any atom is -0.313 e. The number of rotatable bonds is 9. The van der Waals surface area contributed by atoms with Gasteiger partial charge in [-0.3, -0.25) is 0 Å². The Balaban J connectivity index is 3.76. The summed E-state index contributed by atoms with van der Waals surface area (Å²) in [4.78, 5) is 0. The van der Waals surface area contributed by atoms with E-state index in [-0.39, 0.29) is 5.75 Å². The van der Waals surface area contributed by atoms with Crippen LogP contribution in [0.2, 0.25) is 0 Å². The summed E-state index contributed by atoms with van der Waals surface area (Å²) in [6.45, 7) is 7.05. The Kier molecular flexibility index (Phi) is 8.00. The summed E-state index contributed by atoms with van der Waals surface area (Å²) < 4.78 is 25.1. The van der Waals surface area contributed by atoms with Crippen LogP contribution < -0.4 is 10.0 Å². The van der Waals surface area contributed by atoms with E-state index in [1.807, 2.05) is 0 Å². The lowest BCUT2D eigenvalue weighted by molar-refractivity contribution is 0.474. The molecule has 0 rings (SSSR count). The lowest BCUT2D eigenvalue weighted by atomic mass is 10.1. The van der Waals surface area contributed by atoms with Gasteiger partial charge in [0.15, 0.2) is 0 Å². The van der Waals surface area contributed by atoms with Crippen LogP contribution in [0, 0.1) is 0 Å². The molecule has 0 radical (unpaired) electrons. The molecule has 0 aliphatic rings. The second kappa shape index (κ2) is 8.07. The molecule has 0 aliphatic heterocycles. The summed E-state index contributed by atoms with van der Waals surface area (Å²) in [5.41, 5.74) is 0. The molecule has 0 amide bonds. The van der Waals surface area contributed by atoms with Crippen LogP contribution in [0.1, 0.15) is 40.0 Å². The Morgan fingerprint density at radius 3 is 2.33 bits per heavy atom. The molecule has 0 saturated carbocycles. The van der Waals surface area contributed by atoms with Gasteiger partial charge in [0, 0.05) is 19.1 Å². The largest absolute Gasteiger partial charge is 0.313 e. The van der Waals surface area contributed by atoms with Crippen molar-refractivity contribution < 1.29 is 8.42 Å². The van der Waals surface area contributed by atoms with Crippen LogP contribution in [0.4, 0.5) is 0 Å².